The molecular weight excluding hydrogens is 392 g/mol. The Balaban J connectivity index is 1.94. The van der Waals surface area contributed by atoms with Crippen molar-refractivity contribution in [1.82, 2.24) is 4.98 Å². The quantitative estimate of drug-likeness (QED) is 0.790. The van der Waals surface area contributed by atoms with Crippen LogP contribution in [-0.2, 0) is 10.2 Å². The van der Waals surface area contributed by atoms with Gasteiger partial charge in [-0.1, -0.05) is 36.9 Å². The number of hydrogen-bond donors (Lipinski definition) is 2. The average molecular weight is 408 g/mol. The van der Waals surface area contributed by atoms with E-state index in [2.05, 4.69) is 32.8 Å². The van der Waals surface area contributed by atoms with E-state index in [1.807, 2.05) is 0 Å². The van der Waals surface area contributed by atoms with Crippen molar-refractivity contribution >= 4 is 39.4 Å². The van der Waals surface area contributed by atoms with Crippen molar-refractivity contribution in [3.8, 4) is 0 Å². The number of nitrogens with two attached hydrogens (primary N) is 1. The number of pyridine rings is 1. The molecule has 1 amide bonds. The number of rotatable bonds is 4. The summed E-state index contributed by atoms with van der Waals surface area (Å²) in [7, 11) is 0. The highest BCUT2D eigenvalue weighted by Gasteiger charge is 2.61. The second-order valence-corrected chi connectivity index (χ2v) is 7.07. The predicted molar refractivity (Wildman–Crippen MR) is 97.4 cm³/mol. The van der Waals surface area contributed by atoms with Gasteiger partial charge in [0.2, 0.25) is 5.91 Å². The maximum absolute atomic E-state index is 13.7. The molecule has 1 aromatic carbocycles. The Morgan fingerprint density at radius 2 is 1.96 bits per heavy atom. The molecule has 2 aromatic rings. The van der Waals surface area contributed by atoms with Crippen molar-refractivity contribution in [3.63, 3.8) is 0 Å². The molecule has 1 aromatic heterocycles. The lowest BCUT2D eigenvalue weighted by Crippen LogP contribution is -2.56. The van der Waals surface area contributed by atoms with Gasteiger partial charge in [-0.2, -0.15) is 0 Å². The topological polar surface area (TPSA) is 68.0 Å². The molecule has 25 heavy (non-hydrogen) atoms. The van der Waals surface area contributed by atoms with Crippen LogP contribution in [0.1, 0.15) is 24.0 Å². The maximum Gasteiger partial charge on any atom is 0.250 e. The normalized spacial score (nSPS) is 17.4. The van der Waals surface area contributed by atoms with E-state index in [0.717, 1.165) is 5.56 Å². The van der Waals surface area contributed by atoms with E-state index in [1.54, 1.807) is 36.4 Å². The lowest BCUT2D eigenvalue weighted by atomic mass is 9.61. The Hall–Kier alpha value is -2.28. The largest absolute Gasteiger partial charge is 0.382 e. The van der Waals surface area contributed by atoms with Crippen LogP contribution in [0.2, 0.25) is 0 Å². The summed E-state index contributed by atoms with van der Waals surface area (Å²) in [4.78, 5) is 16.8. The Labute approximate surface area is 152 Å². The molecule has 0 unspecified atom stereocenters. The van der Waals surface area contributed by atoms with Crippen molar-refractivity contribution in [2.45, 2.75) is 24.2 Å². The fraction of sp³-hybridized carbons (Fsp3) is 0.222. The smallest absolute Gasteiger partial charge is 0.250 e. The highest BCUT2D eigenvalue weighted by Crippen LogP contribution is 2.54. The Morgan fingerprint density at radius 3 is 2.52 bits per heavy atom. The van der Waals surface area contributed by atoms with Gasteiger partial charge in [0.15, 0.2) is 0 Å². The molecule has 1 aliphatic rings. The summed E-state index contributed by atoms with van der Waals surface area (Å²) in [6, 6.07) is 8.47. The number of carbonyl (C=O) groups is 1. The molecule has 4 nitrogen and oxygen atoms in total. The van der Waals surface area contributed by atoms with Crippen LogP contribution in [-0.4, -0.2) is 16.8 Å². The number of nitrogens with zero attached hydrogens (tertiary/aromatic N) is 1. The highest BCUT2D eigenvalue weighted by atomic mass is 79.9. The fourth-order valence-electron chi connectivity index (χ4n) is 3.06. The third kappa shape index (κ3) is 3.28. The first-order chi connectivity index (χ1) is 11.8. The van der Waals surface area contributed by atoms with Crippen molar-refractivity contribution in [2.75, 3.05) is 11.1 Å². The number of benzene rings is 1. The Morgan fingerprint density at radius 1 is 1.32 bits per heavy atom. The minimum atomic E-state index is -2.87. The molecule has 0 radical (unpaired) electrons. The zero-order chi connectivity index (χ0) is 18.2. The SMILES string of the molecule is C=Cc1ccc(C2(C(=O)Nc3cc(Br)cnc3N)CC(F)(F)C2)cc1. The predicted octanol–water partition coefficient (Wildman–Crippen LogP) is 4.37. The van der Waals surface area contributed by atoms with Crippen LogP contribution in [0, 0.1) is 0 Å². The lowest BCUT2D eigenvalue weighted by molar-refractivity contribution is -0.154. The summed E-state index contributed by atoms with van der Waals surface area (Å²) in [5, 5.41) is 2.65. The first kappa shape index (κ1) is 17.5. The second kappa shape index (κ2) is 6.22. The zero-order valence-electron chi connectivity index (χ0n) is 13.2. The molecule has 0 bridgehead atoms. The molecule has 1 fully saturated rings. The van der Waals surface area contributed by atoms with Crippen molar-refractivity contribution in [2.24, 2.45) is 0 Å². The Kier molecular flexibility index (Phi) is 4.36. The van der Waals surface area contributed by atoms with Gasteiger partial charge in [0.1, 0.15) is 5.82 Å². The van der Waals surface area contributed by atoms with Gasteiger partial charge < -0.3 is 11.1 Å². The van der Waals surface area contributed by atoms with Gasteiger partial charge in [0, 0.05) is 23.5 Å². The number of halogens is 3. The summed E-state index contributed by atoms with van der Waals surface area (Å²) in [5.41, 5.74) is 6.16. The molecular formula is C18H16BrF2N3O. The zero-order valence-corrected chi connectivity index (χ0v) is 14.8. The van der Waals surface area contributed by atoms with Crippen LogP contribution >= 0.6 is 15.9 Å². The van der Waals surface area contributed by atoms with Crippen LogP contribution in [0.3, 0.4) is 0 Å². The summed E-state index contributed by atoms with van der Waals surface area (Å²) >= 11 is 3.25. The average Bonchev–Trinajstić information content (AvgIpc) is 2.55. The molecule has 1 heterocycles. The molecule has 0 saturated heterocycles. The molecule has 3 rings (SSSR count). The van der Waals surface area contributed by atoms with Crippen LogP contribution in [0.25, 0.3) is 6.08 Å². The van der Waals surface area contributed by atoms with Crippen molar-refractivity contribution in [1.29, 1.82) is 0 Å². The van der Waals surface area contributed by atoms with Crippen LogP contribution in [0.15, 0.2) is 47.6 Å². The number of hydrogen-bond acceptors (Lipinski definition) is 3. The molecule has 130 valence electrons. The summed E-state index contributed by atoms with van der Waals surface area (Å²) in [6.45, 7) is 3.66. The van der Waals surface area contributed by atoms with Crippen molar-refractivity contribution in [3.05, 3.63) is 58.7 Å². The molecule has 0 atom stereocenters. The molecule has 1 aliphatic carbocycles. The number of nitrogen functional groups attached to an aromatic ring is 1. The number of amides is 1. The fourth-order valence-corrected chi connectivity index (χ4v) is 3.39. The van der Waals surface area contributed by atoms with Gasteiger partial charge in [-0.3, -0.25) is 4.79 Å². The summed E-state index contributed by atoms with van der Waals surface area (Å²) < 4.78 is 28.0. The molecule has 1 saturated carbocycles. The van der Waals surface area contributed by atoms with Gasteiger partial charge in [0.05, 0.1) is 11.1 Å². The highest BCUT2D eigenvalue weighted by molar-refractivity contribution is 9.10. The van der Waals surface area contributed by atoms with E-state index in [4.69, 9.17) is 5.73 Å². The van der Waals surface area contributed by atoms with Gasteiger partial charge >= 0.3 is 0 Å². The van der Waals surface area contributed by atoms with E-state index >= 15 is 0 Å². The molecule has 7 heteroatoms. The van der Waals surface area contributed by atoms with Gasteiger partial charge in [-0.15, -0.1) is 0 Å². The van der Waals surface area contributed by atoms with Crippen LogP contribution < -0.4 is 11.1 Å². The van der Waals surface area contributed by atoms with Gasteiger partial charge in [-0.05, 0) is 33.1 Å². The maximum atomic E-state index is 13.7. The van der Waals surface area contributed by atoms with Crippen molar-refractivity contribution < 1.29 is 13.6 Å². The monoisotopic (exact) mass is 407 g/mol. The number of alkyl halides is 2. The van der Waals surface area contributed by atoms with E-state index < -0.39 is 30.1 Å². The lowest BCUT2D eigenvalue weighted by Gasteiger charge is -2.46. The molecule has 0 aliphatic heterocycles. The minimum absolute atomic E-state index is 0.125. The first-order valence-electron chi connectivity index (χ1n) is 7.59. The summed E-state index contributed by atoms with van der Waals surface area (Å²) in [6.07, 6.45) is 2.06. The number of nitrogens with one attached hydrogen (secondary N) is 1. The Bertz CT molecular complexity index is 829. The standard InChI is InChI=1S/C18H16BrF2N3O/c1-2-11-3-5-12(6-4-11)17(9-18(20,21)10-17)16(25)24-14-7-13(19)8-23-15(14)22/h2-8H,1,9-10H2,(H2,22,23)(H,24,25). The van der Waals surface area contributed by atoms with Crippen LogP contribution in [0.5, 0.6) is 0 Å². The number of anilines is 2. The van der Waals surface area contributed by atoms with E-state index in [1.165, 1.54) is 6.20 Å². The molecule has 0 spiro atoms. The number of carbonyl (C=O) groups excluding carboxylic acids is 1. The summed E-state index contributed by atoms with van der Waals surface area (Å²) in [5.74, 6) is -3.26. The van der Waals surface area contributed by atoms with E-state index in [0.29, 0.717) is 10.0 Å². The second-order valence-electron chi connectivity index (χ2n) is 6.16. The van der Waals surface area contributed by atoms with E-state index in [-0.39, 0.29) is 11.5 Å². The van der Waals surface area contributed by atoms with Gasteiger partial charge in [0.25, 0.3) is 5.92 Å². The number of aromatic nitrogens is 1. The third-order valence-electron chi connectivity index (χ3n) is 4.39. The van der Waals surface area contributed by atoms with E-state index in [9.17, 15) is 13.6 Å². The minimum Gasteiger partial charge on any atom is -0.382 e. The van der Waals surface area contributed by atoms with Crippen LogP contribution in [0.4, 0.5) is 20.3 Å². The van der Waals surface area contributed by atoms with Gasteiger partial charge in [-0.25, -0.2) is 13.8 Å². The third-order valence-corrected chi connectivity index (χ3v) is 4.82. The molecule has 3 N–H and O–H groups in total. The first-order valence-corrected chi connectivity index (χ1v) is 8.38.